The number of ether oxygens (including phenoxy) is 3. The summed E-state index contributed by atoms with van der Waals surface area (Å²) < 4.78 is 17.0. The van der Waals surface area contributed by atoms with Crippen LogP contribution in [0.2, 0.25) is 0 Å². The number of hydrogen-bond acceptors (Lipinski definition) is 6. The Morgan fingerprint density at radius 1 is 0.280 bits per heavy atom. The molecular weight excluding hydrogens is 925 g/mol. The van der Waals surface area contributed by atoms with Gasteiger partial charge in [0.1, 0.15) is 13.2 Å². The number of rotatable bonds is 63. The van der Waals surface area contributed by atoms with Gasteiger partial charge in [0.25, 0.3) is 0 Å². The van der Waals surface area contributed by atoms with E-state index in [1.807, 2.05) is 0 Å². The number of carbonyl (C=O) groups is 3. The Labute approximate surface area is 469 Å². The van der Waals surface area contributed by atoms with E-state index in [4.69, 9.17) is 14.2 Å². The molecule has 0 saturated heterocycles. The first kappa shape index (κ1) is 73.4. The molecule has 0 aromatic carbocycles. The molecule has 0 aliphatic heterocycles. The summed E-state index contributed by atoms with van der Waals surface area (Å²) in [4.78, 5) is 38.4. The summed E-state index contributed by atoms with van der Waals surface area (Å²) in [5, 5.41) is 0. The van der Waals surface area contributed by atoms with Gasteiger partial charge in [0, 0.05) is 19.3 Å². The second kappa shape index (κ2) is 61.6. The maximum Gasteiger partial charge on any atom is 0.306 e. The minimum absolute atomic E-state index is 0.0613. The summed E-state index contributed by atoms with van der Waals surface area (Å²) in [5.41, 5.74) is 0. The lowest BCUT2D eigenvalue weighted by molar-refractivity contribution is -0.167. The van der Waals surface area contributed by atoms with E-state index >= 15 is 0 Å². The van der Waals surface area contributed by atoms with Gasteiger partial charge in [-0.15, -0.1) is 0 Å². The number of unbranched alkanes of at least 4 members (excludes halogenated alkanes) is 47. The highest BCUT2D eigenvalue weighted by atomic mass is 16.6. The van der Waals surface area contributed by atoms with E-state index in [0.29, 0.717) is 19.3 Å². The molecule has 0 spiro atoms. The van der Waals surface area contributed by atoms with Crippen LogP contribution in [0, 0.1) is 11.8 Å². The second-order valence-electron chi connectivity index (χ2n) is 24.5. The van der Waals surface area contributed by atoms with E-state index in [0.717, 1.165) is 69.6 Å². The Morgan fingerprint density at radius 3 is 0.760 bits per heavy atom. The quantitative estimate of drug-likeness (QED) is 0.0343. The lowest BCUT2D eigenvalue weighted by atomic mass is 9.99. The lowest BCUT2D eigenvalue weighted by Gasteiger charge is -2.18. The standard InChI is InChI=1S/C69H134O6/c1-6-8-9-10-11-12-13-14-29-34-39-44-49-54-59-67(70)73-62-66(63-74-68(71)60-55-50-45-40-35-30-25-21-17-15-19-23-27-32-37-42-47-52-57-64(3)4)75-69(72)61-56-51-46-41-36-31-26-22-18-16-20-24-28-33-38-43-48-53-58-65(5)7-2/h64-66H,6-63H2,1-5H3/t65?,66-/m1/s1. The lowest BCUT2D eigenvalue weighted by Crippen LogP contribution is -2.30. The van der Waals surface area contributed by atoms with Crippen LogP contribution in [0.25, 0.3) is 0 Å². The minimum atomic E-state index is -0.764. The van der Waals surface area contributed by atoms with Crippen molar-refractivity contribution in [3.63, 3.8) is 0 Å². The van der Waals surface area contributed by atoms with Crippen LogP contribution in [-0.2, 0) is 28.6 Å². The Hall–Kier alpha value is -1.59. The first-order valence-electron chi connectivity index (χ1n) is 34.3. The summed E-state index contributed by atoms with van der Waals surface area (Å²) in [5.74, 6) is 0.942. The van der Waals surface area contributed by atoms with E-state index in [1.165, 1.54) is 283 Å². The highest BCUT2D eigenvalue weighted by Gasteiger charge is 2.20. The summed E-state index contributed by atoms with van der Waals surface area (Å²) >= 11 is 0. The van der Waals surface area contributed by atoms with Gasteiger partial charge in [0.05, 0.1) is 0 Å². The molecule has 0 saturated carbocycles. The van der Waals surface area contributed by atoms with Gasteiger partial charge >= 0.3 is 17.9 Å². The maximum atomic E-state index is 12.9. The van der Waals surface area contributed by atoms with Crippen molar-refractivity contribution in [1.82, 2.24) is 0 Å². The van der Waals surface area contributed by atoms with Gasteiger partial charge in [0.2, 0.25) is 0 Å². The van der Waals surface area contributed by atoms with Crippen LogP contribution in [-0.4, -0.2) is 37.2 Å². The van der Waals surface area contributed by atoms with Gasteiger partial charge < -0.3 is 14.2 Å². The molecule has 0 radical (unpaired) electrons. The Kier molecular flexibility index (Phi) is 60.3. The van der Waals surface area contributed by atoms with Crippen LogP contribution in [0.4, 0.5) is 0 Å². The first-order valence-corrected chi connectivity index (χ1v) is 34.3. The highest BCUT2D eigenvalue weighted by Crippen LogP contribution is 2.20. The van der Waals surface area contributed by atoms with Crippen molar-refractivity contribution in [2.45, 2.75) is 400 Å². The van der Waals surface area contributed by atoms with Gasteiger partial charge in [-0.05, 0) is 31.1 Å². The van der Waals surface area contributed by atoms with Gasteiger partial charge in [0.15, 0.2) is 6.10 Å². The van der Waals surface area contributed by atoms with Crippen molar-refractivity contribution in [3.05, 3.63) is 0 Å². The van der Waals surface area contributed by atoms with Crippen molar-refractivity contribution in [1.29, 1.82) is 0 Å². The molecule has 1 unspecified atom stereocenters. The molecule has 0 amide bonds. The van der Waals surface area contributed by atoms with Crippen molar-refractivity contribution < 1.29 is 28.6 Å². The third-order valence-corrected chi connectivity index (χ3v) is 16.3. The Morgan fingerprint density at radius 2 is 0.507 bits per heavy atom. The Balaban J connectivity index is 4.24. The molecule has 0 N–H and O–H groups in total. The third-order valence-electron chi connectivity index (χ3n) is 16.3. The highest BCUT2D eigenvalue weighted by molar-refractivity contribution is 5.71. The van der Waals surface area contributed by atoms with E-state index in [9.17, 15) is 14.4 Å². The topological polar surface area (TPSA) is 78.9 Å². The monoisotopic (exact) mass is 1060 g/mol. The van der Waals surface area contributed by atoms with Crippen LogP contribution < -0.4 is 0 Å². The normalized spacial score (nSPS) is 12.4. The van der Waals surface area contributed by atoms with Crippen molar-refractivity contribution in [3.8, 4) is 0 Å². The van der Waals surface area contributed by atoms with Crippen molar-refractivity contribution in [2.24, 2.45) is 11.8 Å². The summed E-state index contributed by atoms with van der Waals surface area (Å²) in [6.45, 7) is 11.5. The molecular formula is C69H134O6. The molecule has 6 heteroatoms. The SMILES string of the molecule is CCCCCCCCCCCCCCCCC(=O)OC[C@H](COC(=O)CCCCCCCCCCCCCCCCCCCCC(C)C)OC(=O)CCCCCCCCCCCCCCCCCCCCC(C)CC. The van der Waals surface area contributed by atoms with Gasteiger partial charge in [-0.25, -0.2) is 0 Å². The Bertz CT molecular complexity index is 1150. The first-order chi connectivity index (χ1) is 36.8. The molecule has 2 atom stereocenters. The molecule has 0 aromatic rings. The number of carbonyl (C=O) groups excluding carboxylic acids is 3. The van der Waals surface area contributed by atoms with Crippen LogP contribution in [0.1, 0.15) is 394 Å². The molecule has 0 rings (SSSR count). The van der Waals surface area contributed by atoms with E-state index in [2.05, 4.69) is 34.6 Å². The van der Waals surface area contributed by atoms with Crippen molar-refractivity contribution in [2.75, 3.05) is 13.2 Å². The predicted octanol–water partition coefficient (Wildman–Crippen LogP) is 23.2. The van der Waals surface area contributed by atoms with Crippen LogP contribution in [0.15, 0.2) is 0 Å². The zero-order valence-electron chi connectivity index (χ0n) is 51.7. The average molecular weight is 1060 g/mol. The second-order valence-corrected chi connectivity index (χ2v) is 24.5. The molecule has 0 heterocycles. The van der Waals surface area contributed by atoms with Crippen LogP contribution in [0.5, 0.6) is 0 Å². The smallest absolute Gasteiger partial charge is 0.306 e. The fraction of sp³-hybridized carbons (Fsp3) is 0.957. The molecule has 6 nitrogen and oxygen atoms in total. The molecule has 75 heavy (non-hydrogen) atoms. The molecule has 0 aliphatic carbocycles. The summed E-state index contributed by atoms with van der Waals surface area (Å²) in [6.07, 6.45) is 69.7. The van der Waals surface area contributed by atoms with Crippen molar-refractivity contribution >= 4 is 17.9 Å². The fourth-order valence-electron chi connectivity index (χ4n) is 10.8. The average Bonchev–Trinajstić information content (AvgIpc) is 3.40. The third kappa shape index (κ3) is 61.5. The van der Waals surface area contributed by atoms with Crippen LogP contribution in [0.3, 0.4) is 0 Å². The van der Waals surface area contributed by atoms with Gasteiger partial charge in [-0.3, -0.25) is 14.4 Å². The van der Waals surface area contributed by atoms with E-state index in [1.54, 1.807) is 0 Å². The molecule has 0 aliphatic rings. The summed E-state index contributed by atoms with van der Waals surface area (Å²) in [6, 6.07) is 0. The predicted molar refractivity (Wildman–Crippen MR) is 326 cm³/mol. The van der Waals surface area contributed by atoms with Gasteiger partial charge in [-0.2, -0.15) is 0 Å². The number of hydrogen-bond donors (Lipinski definition) is 0. The largest absolute Gasteiger partial charge is 0.462 e. The minimum Gasteiger partial charge on any atom is -0.462 e. The molecule has 0 fully saturated rings. The summed E-state index contributed by atoms with van der Waals surface area (Å²) in [7, 11) is 0. The van der Waals surface area contributed by atoms with Crippen LogP contribution >= 0.6 is 0 Å². The zero-order valence-corrected chi connectivity index (χ0v) is 51.7. The fourth-order valence-corrected chi connectivity index (χ4v) is 10.8. The van der Waals surface area contributed by atoms with E-state index < -0.39 is 6.10 Å². The zero-order chi connectivity index (χ0) is 54.6. The number of esters is 3. The molecule has 446 valence electrons. The molecule has 0 aromatic heterocycles. The molecule has 0 bridgehead atoms. The van der Waals surface area contributed by atoms with Gasteiger partial charge in [-0.1, -0.05) is 356 Å². The van der Waals surface area contributed by atoms with E-state index in [-0.39, 0.29) is 31.1 Å². The maximum absolute atomic E-state index is 12.9.